The maximum Gasteiger partial charge on any atom is 0.303 e. The third-order valence-electron chi connectivity index (χ3n) is 2.29. The van der Waals surface area contributed by atoms with Gasteiger partial charge in [-0.15, -0.1) is 0 Å². The summed E-state index contributed by atoms with van der Waals surface area (Å²) in [6.07, 6.45) is 0.603. The molecule has 0 radical (unpaired) electrons. The first-order valence-corrected chi connectivity index (χ1v) is 5.58. The average Bonchev–Trinajstić information content (AvgIpc) is 2.29. The highest BCUT2D eigenvalue weighted by molar-refractivity contribution is 6.33. The highest BCUT2D eigenvalue weighted by Crippen LogP contribution is 2.24. The molecule has 1 rings (SSSR count). The van der Waals surface area contributed by atoms with Crippen LogP contribution in [0.3, 0.4) is 0 Å². The van der Waals surface area contributed by atoms with E-state index in [2.05, 4.69) is 5.32 Å². The Morgan fingerprint density at radius 2 is 2.35 bits per heavy atom. The fourth-order valence-corrected chi connectivity index (χ4v) is 1.56. The Morgan fingerprint density at radius 1 is 1.65 bits per heavy atom. The Bertz CT molecular complexity index is 454. The number of anilines is 1. The van der Waals surface area contributed by atoms with Gasteiger partial charge in [-0.2, -0.15) is 5.26 Å². The molecule has 0 saturated carbocycles. The summed E-state index contributed by atoms with van der Waals surface area (Å²) < 4.78 is 0. The van der Waals surface area contributed by atoms with Gasteiger partial charge in [0.1, 0.15) is 0 Å². The van der Waals surface area contributed by atoms with Crippen LogP contribution in [0.5, 0.6) is 0 Å². The zero-order chi connectivity index (χ0) is 12.8. The van der Waals surface area contributed by atoms with Gasteiger partial charge in [0.2, 0.25) is 0 Å². The molecule has 0 aliphatic rings. The number of carbonyl (C=O) groups is 1. The highest BCUT2D eigenvalue weighted by Gasteiger charge is 2.08. The van der Waals surface area contributed by atoms with Crippen molar-refractivity contribution in [2.45, 2.75) is 25.8 Å². The van der Waals surface area contributed by atoms with Crippen LogP contribution < -0.4 is 5.32 Å². The molecule has 1 atom stereocenters. The van der Waals surface area contributed by atoms with Crippen LogP contribution in [0.15, 0.2) is 18.2 Å². The molecule has 17 heavy (non-hydrogen) atoms. The van der Waals surface area contributed by atoms with E-state index in [1.165, 1.54) is 0 Å². The van der Waals surface area contributed by atoms with Gasteiger partial charge in [-0.05, 0) is 31.5 Å². The molecule has 0 heterocycles. The summed E-state index contributed by atoms with van der Waals surface area (Å²) in [5.74, 6) is -0.824. The molecule has 4 nitrogen and oxygen atoms in total. The van der Waals surface area contributed by atoms with Crippen molar-refractivity contribution >= 4 is 23.3 Å². The standard InChI is InChI=1S/C12H13ClN2O2/c1-8(2-5-12(16)17)15-11-6-9(7-14)3-4-10(11)13/h3-4,6,8,15H,2,5H2,1H3,(H,16,17). The van der Waals surface area contributed by atoms with Crippen LogP contribution >= 0.6 is 11.6 Å². The van der Waals surface area contributed by atoms with Gasteiger partial charge in [0.05, 0.1) is 22.3 Å². The number of aliphatic carboxylic acids is 1. The van der Waals surface area contributed by atoms with E-state index in [1.807, 2.05) is 13.0 Å². The van der Waals surface area contributed by atoms with Crippen molar-refractivity contribution in [2.24, 2.45) is 0 Å². The third-order valence-corrected chi connectivity index (χ3v) is 2.62. The summed E-state index contributed by atoms with van der Waals surface area (Å²) in [7, 11) is 0. The van der Waals surface area contributed by atoms with Crippen molar-refractivity contribution in [3.63, 3.8) is 0 Å². The largest absolute Gasteiger partial charge is 0.481 e. The number of carboxylic acids is 1. The predicted molar refractivity (Wildman–Crippen MR) is 66.1 cm³/mol. The lowest BCUT2D eigenvalue weighted by Crippen LogP contribution is -2.16. The Hall–Kier alpha value is -1.73. The highest BCUT2D eigenvalue weighted by atomic mass is 35.5. The van der Waals surface area contributed by atoms with Gasteiger partial charge in [-0.25, -0.2) is 0 Å². The van der Waals surface area contributed by atoms with Gasteiger partial charge < -0.3 is 10.4 Å². The molecule has 5 heteroatoms. The molecule has 1 aromatic carbocycles. The first-order valence-electron chi connectivity index (χ1n) is 5.21. The van der Waals surface area contributed by atoms with Gasteiger partial charge in [-0.1, -0.05) is 11.6 Å². The van der Waals surface area contributed by atoms with Crippen LogP contribution in [0.25, 0.3) is 0 Å². The van der Waals surface area contributed by atoms with Crippen molar-refractivity contribution in [1.82, 2.24) is 0 Å². The number of halogens is 1. The van der Waals surface area contributed by atoms with E-state index in [9.17, 15) is 4.79 Å². The maximum atomic E-state index is 10.4. The predicted octanol–water partition coefficient (Wildman–Crippen LogP) is 2.88. The van der Waals surface area contributed by atoms with E-state index in [-0.39, 0.29) is 12.5 Å². The number of rotatable bonds is 5. The lowest BCUT2D eigenvalue weighted by atomic mass is 10.1. The molecular formula is C12H13ClN2O2. The molecule has 0 aliphatic carbocycles. The van der Waals surface area contributed by atoms with Crippen molar-refractivity contribution < 1.29 is 9.90 Å². The second-order valence-corrected chi connectivity index (χ2v) is 4.19. The van der Waals surface area contributed by atoms with Crippen LogP contribution in [0, 0.1) is 11.3 Å². The number of nitrogens with one attached hydrogen (secondary N) is 1. The van der Waals surface area contributed by atoms with Crippen molar-refractivity contribution in [3.8, 4) is 6.07 Å². The van der Waals surface area contributed by atoms with Crippen LogP contribution in [-0.4, -0.2) is 17.1 Å². The smallest absolute Gasteiger partial charge is 0.303 e. The Morgan fingerprint density at radius 3 is 2.94 bits per heavy atom. The van der Waals surface area contributed by atoms with Crippen LogP contribution in [0.1, 0.15) is 25.3 Å². The molecule has 0 saturated heterocycles. The number of carboxylic acid groups (broad SMARTS) is 1. The normalized spacial score (nSPS) is 11.6. The number of nitrogens with zero attached hydrogens (tertiary/aromatic N) is 1. The van der Waals surface area contributed by atoms with Crippen molar-refractivity contribution in [2.75, 3.05) is 5.32 Å². The molecule has 0 aliphatic heterocycles. The van der Waals surface area contributed by atoms with Crippen molar-refractivity contribution in [1.29, 1.82) is 5.26 Å². The number of hydrogen-bond acceptors (Lipinski definition) is 3. The van der Waals surface area contributed by atoms with E-state index in [0.29, 0.717) is 22.7 Å². The zero-order valence-corrected chi connectivity index (χ0v) is 10.2. The quantitative estimate of drug-likeness (QED) is 0.845. The average molecular weight is 253 g/mol. The Labute approximate surface area is 105 Å². The van der Waals surface area contributed by atoms with Crippen molar-refractivity contribution in [3.05, 3.63) is 28.8 Å². The topological polar surface area (TPSA) is 73.1 Å². The fraction of sp³-hybridized carbons (Fsp3) is 0.333. The summed E-state index contributed by atoms with van der Waals surface area (Å²) in [6, 6.07) is 6.94. The molecule has 0 bridgehead atoms. The minimum absolute atomic E-state index is 0.0162. The first-order chi connectivity index (χ1) is 8.02. The SMILES string of the molecule is CC(CCC(=O)O)Nc1cc(C#N)ccc1Cl. The summed E-state index contributed by atoms with van der Waals surface area (Å²) in [5.41, 5.74) is 1.17. The summed E-state index contributed by atoms with van der Waals surface area (Å²) in [4.78, 5) is 10.4. The minimum atomic E-state index is -0.824. The fourth-order valence-electron chi connectivity index (χ4n) is 1.38. The van der Waals surface area contributed by atoms with E-state index >= 15 is 0 Å². The molecule has 90 valence electrons. The molecule has 1 unspecified atom stereocenters. The van der Waals surface area contributed by atoms with E-state index < -0.39 is 5.97 Å². The van der Waals surface area contributed by atoms with E-state index in [0.717, 1.165) is 0 Å². The van der Waals surface area contributed by atoms with Crippen LogP contribution in [0.2, 0.25) is 5.02 Å². The van der Waals surface area contributed by atoms with Crippen LogP contribution in [0.4, 0.5) is 5.69 Å². The number of hydrogen-bond donors (Lipinski definition) is 2. The number of nitriles is 1. The second kappa shape index (κ2) is 6.12. The first kappa shape index (κ1) is 13.3. The van der Waals surface area contributed by atoms with Gasteiger partial charge >= 0.3 is 5.97 Å². The van der Waals surface area contributed by atoms with Crippen LogP contribution in [-0.2, 0) is 4.79 Å². The maximum absolute atomic E-state index is 10.4. The van der Waals surface area contributed by atoms with Gasteiger partial charge in [0.25, 0.3) is 0 Å². The molecule has 0 aromatic heterocycles. The molecule has 0 amide bonds. The van der Waals surface area contributed by atoms with Gasteiger partial charge in [0, 0.05) is 12.5 Å². The zero-order valence-electron chi connectivity index (χ0n) is 9.40. The molecule has 0 spiro atoms. The lowest BCUT2D eigenvalue weighted by Gasteiger charge is -2.15. The lowest BCUT2D eigenvalue weighted by molar-refractivity contribution is -0.137. The summed E-state index contributed by atoms with van der Waals surface area (Å²) in [6.45, 7) is 1.87. The third kappa shape index (κ3) is 4.33. The van der Waals surface area contributed by atoms with Gasteiger partial charge in [0.15, 0.2) is 0 Å². The van der Waals surface area contributed by atoms with E-state index in [4.69, 9.17) is 22.0 Å². The number of benzene rings is 1. The Kier molecular flexibility index (Phi) is 4.80. The molecular weight excluding hydrogens is 240 g/mol. The molecule has 2 N–H and O–H groups in total. The Balaban J connectivity index is 2.67. The van der Waals surface area contributed by atoms with Gasteiger partial charge in [-0.3, -0.25) is 4.79 Å². The summed E-state index contributed by atoms with van der Waals surface area (Å²) in [5, 5.41) is 20.9. The monoisotopic (exact) mass is 252 g/mol. The van der Waals surface area contributed by atoms with E-state index in [1.54, 1.807) is 18.2 Å². The molecule has 0 fully saturated rings. The molecule has 1 aromatic rings. The summed E-state index contributed by atoms with van der Waals surface area (Å²) >= 11 is 5.97. The second-order valence-electron chi connectivity index (χ2n) is 3.78. The minimum Gasteiger partial charge on any atom is -0.481 e.